The highest BCUT2D eigenvalue weighted by atomic mass is 16.5. The zero-order valence-corrected chi connectivity index (χ0v) is 73.3. The second-order valence-electron chi connectivity index (χ2n) is 33.1. The average molecular weight is 1780 g/mol. The molecule has 20 atom stereocenters. The van der Waals surface area contributed by atoms with Crippen LogP contribution in [0.5, 0.6) is 5.75 Å². The number of esters is 1. The van der Waals surface area contributed by atoms with Crippen molar-refractivity contribution < 1.29 is 118 Å². The Morgan fingerprint density at radius 2 is 1.04 bits per heavy atom. The van der Waals surface area contributed by atoms with Crippen molar-refractivity contribution in [2.24, 2.45) is 34.6 Å². The lowest BCUT2D eigenvalue weighted by Gasteiger charge is -2.35. The van der Waals surface area contributed by atoms with Crippen LogP contribution in [-0.2, 0) is 83.1 Å². The molecule has 3 aliphatic rings. The molecule has 125 heavy (non-hydrogen) atoms. The van der Waals surface area contributed by atoms with Crippen LogP contribution in [0.4, 0.5) is 0 Å². The van der Waals surface area contributed by atoms with Gasteiger partial charge < -0.3 is 142 Å². The summed E-state index contributed by atoms with van der Waals surface area (Å²) in [7, 11) is 0. The second kappa shape index (κ2) is 55.2. The number of hydrogen-bond acceptors (Lipinski definition) is 29. The number of cyclic esters (lactones) is 1. The van der Waals surface area contributed by atoms with Crippen molar-refractivity contribution in [2.75, 3.05) is 72.0 Å². The molecule has 43 heteroatoms. The summed E-state index contributed by atoms with van der Waals surface area (Å²) in [5, 5.41) is 112. The Balaban J connectivity index is 1.91. The fourth-order valence-electron chi connectivity index (χ4n) is 15.2. The van der Waals surface area contributed by atoms with E-state index in [0.717, 1.165) is 90.4 Å². The Morgan fingerprint density at radius 3 is 1.59 bits per heavy atom. The predicted octanol–water partition coefficient (Wildman–Crippen LogP) is -7.32. The molecule has 3 fully saturated rings. The molecule has 1 aromatic carbocycles. The third-order valence-electron chi connectivity index (χ3n) is 22.1. The lowest BCUT2D eigenvalue weighted by Crippen LogP contribution is -2.64. The topological polar surface area (TPSA) is 690 Å². The van der Waals surface area contributed by atoms with E-state index in [1.807, 2.05) is 4.90 Å². The Morgan fingerprint density at radius 1 is 0.528 bits per heavy atom. The molecule has 708 valence electrons. The number of ether oxygens (including phenoxy) is 1. The van der Waals surface area contributed by atoms with Crippen molar-refractivity contribution in [1.29, 1.82) is 0 Å². The van der Waals surface area contributed by atoms with Gasteiger partial charge in [-0.2, -0.15) is 0 Å². The number of fused-ring (bicyclic) bond motifs is 2. The average Bonchev–Trinajstić information content (AvgIpc) is 1.66. The smallest absolute Gasteiger partial charge is 0.328 e. The number of nitrogens with zero attached hydrogens (tertiary/aromatic N) is 4. The van der Waals surface area contributed by atoms with E-state index < -0.39 is 249 Å². The summed E-state index contributed by atoms with van der Waals surface area (Å²) in [6.45, 7) is 9.54. The van der Waals surface area contributed by atoms with Crippen LogP contribution in [0.25, 0.3) is 0 Å². The fourth-order valence-corrected chi connectivity index (χ4v) is 15.2. The molecule has 28 N–H and O–H groups in total. The fraction of sp³-hybridized carbons (Fsp3) is 0.744. The quantitative estimate of drug-likeness (QED) is 0.0217. The van der Waals surface area contributed by atoms with Crippen LogP contribution < -0.4 is 81.8 Å². The second-order valence-corrected chi connectivity index (χ2v) is 33.1. The van der Waals surface area contributed by atoms with Crippen LogP contribution in [-0.4, -0.2) is 342 Å². The van der Waals surface area contributed by atoms with Gasteiger partial charge in [0.25, 0.3) is 0 Å². The highest BCUT2D eigenvalue weighted by Crippen LogP contribution is 2.26. The molecular weight excluding hydrogens is 1640 g/mol. The summed E-state index contributed by atoms with van der Waals surface area (Å²) in [5.74, 6) is -18.0. The van der Waals surface area contributed by atoms with Gasteiger partial charge in [0.15, 0.2) is 0 Å². The number of carbonyl (C=O) groups is 15. The summed E-state index contributed by atoms with van der Waals surface area (Å²) in [5.41, 5.74) is 29.7. The molecule has 0 bridgehead atoms. The number of carbonyl (C=O) groups excluding carboxylic acids is 15. The number of primary amides is 1. The molecule has 0 unspecified atom stereocenters. The SMILES string of the molecule is CCCCCCCCCCCCC[C@@H]1CC(=O)N[C@H]([C@@H](C)O)C(=O)N[C@H](C)C(=O)N[C@@H](Cc2ccc(O)cc2)C(=O)N[C@@H](C(C)C)C(=O)N2C[C@H](O)C[C@H]2C(=O)N[C@H]([C@@H](C)O)C(=O)N[C@@H]([C@@H](C)O)C(=O)N2CC[C@H](O)[C@H]2C(=O)N[C@@H]([C@H](O)CC(N)=O)C(=O)NCC(=O)N[C@H]([C@@H](C)O)C(=O)N[C@@H](CCCN(CCN)C(=O)[C@H](CCCN)N(CCN)CCN)C(=O)O1. The van der Waals surface area contributed by atoms with Crippen molar-refractivity contribution in [3.63, 3.8) is 0 Å². The van der Waals surface area contributed by atoms with E-state index in [0.29, 0.717) is 36.1 Å². The first-order chi connectivity index (χ1) is 59.1. The minimum absolute atomic E-state index is 0.00186. The molecule has 14 amide bonds. The molecule has 0 aromatic heterocycles. The summed E-state index contributed by atoms with van der Waals surface area (Å²) in [6, 6.07) is -15.7. The molecule has 3 heterocycles. The van der Waals surface area contributed by atoms with Gasteiger partial charge in [0.2, 0.25) is 82.7 Å². The monoisotopic (exact) mass is 1780 g/mol. The van der Waals surface area contributed by atoms with Crippen LogP contribution in [0.15, 0.2) is 24.3 Å². The Hall–Kier alpha value is -9.41. The Kier molecular flexibility index (Phi) is 47.7. The molecule has 0 aliphatic carbocycles. The van der Waals surface area contributed by atoms with Gasteiger partial charge in [-0.25, -0.2) is 4.79 Å². The number of aliphatic hydroxyl groups is 7. The van der Waals surface area contributed by atoms with Crippen LogP contribution in [0.2, 0.25) is 0 Å². The number of nitrogens with two attached hydrogens (primary N) is 5. The van der Waals surface area contributed by atoms with E-state index in [4.69, 9.17) is 33.4 Å². The molecule has 0 saturated carbocycles. The molecule has 3 saturated heterocycles. The Bertz CT molecular complexity index is 3650. The van der Waals surface area contributed by atoms with Crippen LogP contribution in [0, 0.1) is 5.92 Å². The number of phenols is 1. The molecule has 1 aromatic rings. The van der Waals surface area contributed by atoms with Gasteiger partial charge in [0, 0.05) is 71.7 Å². The third kappa shape index (κ3) is 35.4. The number of phenolic OH excluding ortho intramolecular Hbond substituents is 1. The first-order valence-electron chi connectivity index (χ1n) is 43.6. The largest absolute Gasteiger partial charge is 0.508 e. The minimum atomic E-state index is -2.27. The highest BCUT2D eigenvalue weighted by molar-refractivity contribution is 6.00. The van der Waals surface area contributed by atoms with Gasteiger partial charge in [0.1, 0.15) is 78.3 Å². The van der Waals surface area contributed by atoms with Crippen LogP contribution in [0.1, 0.15) is 189 Å². The number of rotatable bonds is 37. The number of aliphatic hydroxyl groups excluding tert-OH is 7. The normalized spacial score (nSPS) is 26.2. The molecule has 3 aliphatic heterocycles. The van der Waals surface area contributed by atoms with Crippen molar-refractivity contribution in [3.8, 4) is 5.75 Å². The van der Waals surface area contributed by atoms with E-state index in [1.54, 1.807) is 0 Å². The summed E-state index contributed by atoms with van der Waals surface area (Å²) in [6.07, 6.45) is -6.67. The first kappa shape index (κ1) is 108. The van der Waals surface area contributed by atoms with Crippen LogP contribution in [0.3, 0.4) is 0 Å². The van der Waals surface area contributed by atoms with Crippen molar-refractivity contribution in [1.82, 2.24) is 72.8 Å². The van der Waals surface area contributed by atoms with E-state index >= 15 is 4.79 Å². The summed E-state index contributed by atoms with van der Waals surface area (Å²) < 4.78 is 6.17. The van der Waals surface area contributed by atoms with Crippen LogP contribution >= 0.6 is 0 Å². The van der Waals surface area contributed by atoms with Gasteiger partial charge in [-0.05, 0) is 110 Å². The summed E-state index contributed by atoms with van der Waals surface area (Å²) in [4.78, 5) is 221. The number of hydrogen-bond donors (Lipinski definition) is 23. The van der Waals surface area contributed by atoms with Gasteiger partial charge >= 0.3 is 5.97 Å². The van der Waals surface area contributed by atoms with E-state index in [9.17, 15) is 108 Å². The molecule has 4 rings (SSSR count). The zero-order chi connectivity index (χ0) is 93.5. The number of amides is 14. The maximum atomic E-state index is 15.1. The Labute approximate surface area is 729 Å². The molecule has 43 nitrogen and oxygen atoms in total. The summed E-state index contributed by atoms with van der Waals surface area (Å²) >= 11 is 0. The zero-order valence-electron chi connectivity index (χ0n) is 73.3. The maximum absolute atomic E-state index is 15.1. The van der Waals surface area contributed by atoms with Gasteiger partial charge in [-0.15, -0.1) is 0 Å². The lowest BCUT2D eigenvalue weighted by molar-refractivity contribution is -0.155. The van der Waals surface area contributed by atoms with Gasteiger partial charge in [0.05, 0.1) is 68.2 Å². The van der Waals surface area contributed by atoms with E-state index in [2.05, 4.69) is 60.1 Å². The van der Waals surface area contributed by atoms with E-state index in [-0.39, 0.29) is 96.1 Å². The molecule has 0 spiro atoms. The van der Waals surface area contributed by atoms with Crippen molar-refractivity contribution in [2.45, 2.75) is 312 Å². The number of nitrogens with one attached hydrogen (secondary N) is 10. The number of unbranched alkanes of at least 4 members (excludes halogenated alkanes) is 10. The van der Waals surface area contributed by atoms with Crippen molar-refractivity contribution in [3.05, 3.63) is 29.8 Å². The van der Waals surface area contributed by atoms with Crippen molar-refractivity contribution >= 4 is 88.7 Å². The minimum Gasteiger partial charge on any atom is -0.508 e. The maximum Gasteiger partial charge on any atom is 0.328 e. The number of benzene rings is 1. The first-order valence-corrected chi connectivity index (χ1v) is 43.6. The highest BCUT2D eigenvalue weighted by Gasteiger charge is 2.49. The third-order valence-corrected chi connectivity index (χ3v) is 22.1. The van der Waals surface area contributed by atoms with Gasteiger partial charge in [-0.1, -0.05) is 97.1 Å². The molecular formula is C82H141N19O24. The lowest BCUT2D eigenvalue weighted by atomic mass is 9.99. The number of aromatic hydroxyl groups is 1. The van der Waals surface area contributed by atoms with E-state index in [1.165, 1.54) is 49.9 Å². The molecule has 0 radical (unpaired) electrons. The predicted molar refractivity (Wildman–Crippen MR) is 454 cm³/mol. The van der Waals surface area contributed by atoms with Gasteiger partial charge in [-0.3, -0.25) is 72.0 Å². The standard InChI is InChI=1S/C82H141N19O24/c1-9-10-11-12-13-14-15-16-17-18-19-22-54-41-62(111)92-65(47(5)102)75(117)89-46(4)71(113)91-56(39-51-25-27-52(106)28-26-51)72(114)94-64(45(2)3)80(122)101-44-53(107)40-58(101)73(115)95-67(49(7)104)77(119)96-68(50(8)105)81(123)100-35-29-59(108)70(100)78(120)97-69(60(109)42-61(87)110)74(116)88-43-63(112)93-66(48(6)103)76(118)90-55(82(124)125-54)23-21-34-99(38-33-86)79(121)57(24-20-30-83)98(36-31-84)37-32-85/h25-28,45-50,53-60,64-70,102-109H,9-24,29-44,83-86H2,1-8H3,(H2,87,110)(H,88,116)(H,89,117)(H,90,118)(H,91,113)(H,92,111)(H,93,112)(H,94,114)(H,95,115)(H,96,119)(H,97,120)/t46-,47-,48-,49-,50-,53-,54-,55+,56+,57+,58+,59+,60-,64+,65-,66-,67-,68+,69+,70+/m1/s1.